The average Bonchev–Trinajstić information content (AvgIpc) is 2.52. The molecule has 23 heavy (non-hydrogen) atoms. The highest BCUT2D eigenvalue weighted by atomic mass is 16.5. The molecule has 4 N–H and O–H groups in total. The minimum absolute atomic E-state index is 0.152. The van der Waals surface area contributed by atoms with Gasteiger partial charge in [-0.1, -0.05) is 42.5 Å². The van der Waals surface area contributed by atoms with Crippen molar-refractivity contribution in [2.75, 3.05) is 6.61 Å². The van der Waals surface area contributed by atoms with Crippen LogP contribution in [0.15, 0.2) is 48.5 Å². The van der Waals surface area contributed by atoms with Crippen molar-refractivity contribution in [1.29, 1.82) is 0 Å². The molecule has 0 atom stereocenters. The molecule has 0 radical (unpaired) electrons. The summed E-state index contributed by atoms with van der Waals surface area (Å²) < 4.78 is 4.81. The molecule has 0 aliphatic heterocycles. The standard InChI is InChI=1S/C18H16N2O3/c19-17(21)16-14-7-2-1-4-12(14)10-13-6-3-5-11(15(13)16)8-9-23-18(20)22/h1-7,10H,8-9H2,(H2,19,21)(H2,20,22). The van der Waals surface area contributed by atoms with Crippen LogP contribution >= 0.6 is 0 Å². The van der Waals surface area contributed by atoms with Crippen molar-refractivity contribution >= 4 is 33.5 Å². The summed E-state index contributed by atoms with van der Waals surface area (Å²) in [5, 5.41) is 3.50. The number of benzene rings is 3. The average molecular weight is 308 g/mol. The third-order valence-electron chi connectivity index (χ3n) is 3.84. The number of hydrogen-bond acceptors (Lipinski definition) is 3. The number of hydrogen-bond donors (Lipinski definition) is 2. The summed E-state index contributed by atoms with van der Waals surface area (Å²) in [7, 11) is 0. The van der Waals surface area contributed by atoms with Crippen molar-refractivity contribution in [3.8, 4) is 0 Å². The first kappa shape index (κ1) is 14.8. The van der Waals surface area contributed by atoms with E-state index in [1.165, 1.54) is 0 Å². The van der Waals surface area contributed by atoms with Gasteiger partial charge in [0.05, 0.1) is 12.2 Å². The summed E-state index contributed by atoms with van der Waals surface area (Å²) in [5.74, 6) is -0.477. The van der Waals surface area contributed by atoms with Gasteiger partial charge in [-0.2, -0.15) is 0 Å². The second-order valence-electron chi connectivity index (χ2n) is 5.27. The number of nitrogens with two attached hydrogens (primary N) is 2. The number of carbonyl (C=O) groups excluding carboxylic acids is 2. The molecule has 0 saturated heterocycles. The quantitative estimate of drug-likeness (QED) is 0.725. The van der Waals surface area contributed by atoms with Gasteiger partial charge in [-0.15, -0.1) is 0 Å². The van der Waals surface area contributed by atoms with E-state index in [-0.39, 0.29) is 6.61 Å². The Labute approximate surface area is 132 Å². The van der Waals surface area contributed by atoms with Gasteiger partial charge in [0, 0.05) is 6.42 Å². The van der Waals surface area contributed by atoms with E-state index in [1.807, 2.05) is 48.5 Å². The predicted molar refractivity (Wildman–Crippen MR) is 89.2 cm³/mol. The van der Waals surface area contributed by atoms with Gasteiger partial charge < -0.3 is 16.2 Å². The van der Waals surface area contributed by atoms with Crippen molar-refractivity contribution in [2.24, 2.45) is 11.5 Å². The number of fused-ring (bicyclic) bond motifs is 2. The molecule has 3 aromatic carbocycles. The summed E-state index contributed by atoms with van der Waals surface area (Å²) in [4.78, 5) is 22.8. The Morgan fingerprint density at radius 2 is 1.70 bits per heavy atom. The Hall–Kier alpha value is -3.08. The maximum absolute atomic E-state index is 12.1. The molecule has 0 saturated carbocycles. The SMILES string of the molecule is NC(=O)OCCc1cccc2cc3ccccc3c(C(N)=O)c12. The van der Waals surface area contributed by atoms with Crippen LogP contribution < -0.4 is 11.5 Å². The zero-order valence-corrected chi connectivity index (χ0v) is 12.4. The van der Waals surface area contributed by atoms with Crippen LogP contribution in [0.4, 0.5) is 4.79 Å². The highest BCUT2D eigenvalue weighted by molar-refractivity contribution is 6.18. The molecule has 0 aliphatic carbocycles. The second kappa shape index (κ2) is 5.96. The number of ether oxygens (including phenoxy) is 1. The minimum Gasteiger partial charge on any atom is -0.449 e. The van der Waals surface area contributed by atoms with Gasteiger partial charge >= 0.3 is 6.09 Å². The number of carbonyl (C=O) groups is 2. The fourth-order valence-electron chi connectivity index (χ4n) is 2.92. The molecule has 116 valence electrons. The summed E-state index contributed by atoms with van der Waals surface area (Å²) in [6, 6.07) is 15.4. The van der Waals surface area contributed by atoms with Crippen molar-refractivity contribution in [1.82, 2.24) is 0 Å². The van der Waals surface area contributed by atoms with E-state index in [2.05, 4.69) is 0 Å². The predicted octanol–water partition coefficient (Wildman–Crippen LogP) is 2.73. The highest BCUT2D eigenvalue weighted by Crippen LogP contribution is 2.31. The van der Waals surface area contributed by atoms with Crippen molar-refractivity contribution in [3.63, 3.8) is 0 Å². The van der Waals surface area contributed by atoms with Crippen LogP contribution in [0.1, 0.15) is 15.9 Å². The Morgan fingerprint density at radius 3 is 2.43 bits per heavy atom. The monoisotopic (exact) mass is 308 g/mol. The van der Waals surface area contributed by atoms with Crippen LogP contribution in [0.3, 0.4) is 0 Å². The molecule has 0 fully saturated rings. The molecule has 0 spiro atoms. The van der Waals surface area contributed by atoms with Gasteiger partial charge in [0.1, 0.15) is 0 Å². The zero-order valence-electron chi connectivity index (χ0n) is 12.4. The Kier molecular flexibility index (Phi) is 3.85. The van der Waals surface area contributed by atoms with Crippen molar-refractivity contribution < 1.29 is 14.3 Å². The van der Waals surface area contributed by atoms with Gasteiger partial charge in [0.25, 0.3) is 0 Å². The van der Waals surface area contributed by atoms with Crippen LogP contribution in [0.5, 0.6) is 0 Å². The molecule has 5 heteroatoms. The van der Waals surface area contributed by atoms with Crippen molar-refractivity contribution in [3.05, 3.63) is 59.7 Å². The van der Waals surface area contributed by atoms with Crippen LogP contribution in [-0.2, 0) is 11.2 Å². The normalized spacial score (nSPS) is 10.8. The van der Waals surface area contributed by atoms with E-state index >= 15 is 0 Å². The fourth-order valence-corrected chi connectivity index (χ4v) is 2.92. The highest BCUT2D eigenvalue weighted by Gasteiger charge is 2.15. The van der Waals surface area contributed by atoms with Gasteiger partial charge in [-0.3, -0.25) is 4.79 Å². The van der Waals surface area contributed by atoms with E-state index in [9.17, 15) is 9.59 Å². The number of primary amides is 2. The molecule has 2 amide bonds. The number of rotatable bonds is 4. The molecule has 0 aliphatic rings. The largest absolute Gasteiger partial charge is 0.449 e. The number of amides is 2. The summed E-state index contributed by atoms with van der Waals surface area (Å²) in [6.45, 7) is 0.152. The molecule has 0 aromatic heterocycles. The molecule has 0 bridgehead atoms. The molecule has 3 rings (SSSR count). The molecule has 3 aromatic rings. The summed E-state index contributed by atoms with van der Waals surface area (Å²) in [6.07, 6.45) is -0.357. The van der Waals surface area contributed by atoms with E-state index in [4.69, 9.17) is 16.2 Å². The molecule has 5 nitrogen and oxygen atoms in total. The summed E-state index contributed by atoms with van der Waals surface area (Å²) >= 11 is 0. The lowest BCUT2D eigenvalue weighted by Gasteiger charge is -2.13. The first-order valence-corrected chi connectivity index (χ1v) is 7.23. The van der Waals surface area contributed by atoms with E-state index < -0.39 is 12.0 Å². The van der Waals surface area contributed by atoms with Gasteiger partial charge in [-0.25, -0.2) is 4.79 Å². The van der Waals surface area contributed by atoms with Crippen LogP contribution in [0.2, 0.25) is 0 Å². The topological polar surface area (TPSA) is 95.4 Å². The Balaban J connectivity index is 2.24. The van der Waals surface area contributed by atoms with Crippen LogP contribution in [0, 0.1) is 0 Å². The third-order valence-corrected chi connectivity index (χ3v) is 3.84. The van der Waals surface area contributed by atoms with Gasteiger partial charge in [-0.05, 0) is 33.2 Å². The minimum atomic E-state index is -0.814. The van der Waals surface area contributed by atoms with E-state index in [1.54, 1.807) is 0 Å². The lowest BCUT2D eigenvalue weighted by atomic mass is 9.92. The van der Waals surface area contributed by atoms with Crippen molar-refractivity contribution in [2.45, 2.75) is 6.42 Å². The lowest BCUT2D eigenvalue weighted by Crippen LogP contribution is -2.16. The molecule has 0 unspecified atom stereocenters. The lowest BCUT2D eigenvalue weighted by molar-refractivity contribution is 0.100. The molecular formula is C18H16N2O3. The third kappa shape index (κ3) is 2.81. The maximum Gasteiger partial charge on any atom is 0.404 e. The zero-order chi connectivity index (χ0) is 16.4. The smallest absolute Gasteiger partial charge is 0.404 e. The maximum atomic E-state index is 12.1. The first-order chi connectivity index (χ1) is 11.1. The van der Waals surface area contributed by atoms with Gasteiger partial charge in [0.2, 0.25) is 5.91 Å². The molecular weight excluding hydrogens is 292 g/mol. The fraction of sp³-hybridized carbons (Fsp3) is 0.111. The Bertz CT molecular complexity index is 919. The Morgan fingerprint density at radius 1 is 0.957 bits per heavy atom. The van der Waals surface area contributed by atoms with E-state index in [0.717, 1.165) is 27.1 Å². The van der Waals surface area contributed by atoms with Gasteiger partial charge in [0.15, 0.2) is 0 Å². The molecule has 0 heterocycles. The first-order valence-electron chi connectivity index (χ1n) is 7.23. The van der Waals surface area contributed by atoms with Crippen LogP contribution in [-0.4, -0.2) is 18.6 Å². The van der Waals surface area contributed by atoms with E-state index in [0.29, 0.717) is 12.0 Å². The second-order valence-corrected chi connectivity index (χ2v) is 5.27. The summed E-state index contributed by atoms with van der Waals surface area (Å²) in [5.41, 5.74) is 12.0. The van der Waals surface area contributed by atoms with Crippen LogP contribution in [0.25, 0.3) is 21.5 Å².